The molecule has 10 heavy (non-hydrogen) atoms. The molecule has 0 saturated carbocycles. The zero-order valence-electron chi connectivity index (χ0n) is 5.83. The number of hydrogen-bond donors (Lipinski definition) is 0. The molecule has 0 aliphatic rings. The first kappa shape index (κ1) is 10.3. The van der Waals surface area contributed by atoms with Crippen LogP contribution in [0.5, 0.6) is 0 Å². The molecule has 0 rings (SSSR count). The van der Waals surface area contributed by atoms with Gasteiger partial charge in [0, 0.05) is 0 Å². The van der Waals surface area contributed by atoms with Crippen LogP contribution in [0.1, 0.15) is 13.3 Å². The van der Waals surface area contributed by atoms with Crippen LogP contribution < -0.4 is 0 Å². The molecule has 0 aromatic rings. The van der Waals surface area contributed by atoms with E-state index in [1.807, 2.05) is 13.3 Å². The Kier molecular flexibility index (Phi) is 5.24. The Hall–Kier alpha value is 0.348. The molecule has 0 aromatic carbocycles. The van der Waals surface area contributed by atoms with E-state index >= 15 is 0 Å². The van der Waals surface area contributed by atoms with Gasteiger partial charge in [0.25, 0.3) is 0 Å². The summed E-state index contributed by atoms with van der Waals surface area (Å²) in [6.07, 6.45) is -1.15. The Morgan fingerprint density at radius 3 is 2.40 bits per heavy atom. The van der Waals surface area contributed by atoms with Crippen molar-refractivity contribution in [3.8, 4) is 0 Å². The predicted octanol–water partition coefficient (Wildman–Crippen LogP) is 2.44. The molecule has 61 valence electrons. The molecule has 0 nitrogen and oxygen atoms in total. The van der Waals surface area contributed by atoms with Crippen LogP contribution in [0.4, 0.5) is 13.2 Å². The van der Waals surface area contributed by atoms with Crippen molar-refractivity contribution in [2.24, 2.45) is 0 Å². The van der Waals surface area contributed by atoms with Crippen LogP contribution in [-0.2, 0) is 0 Å². The summed E-state index contributed by atoms with van der Waals surface area (Å²) < 4.78 is 34.5. The van der Waals surface area contributed by atoms with E-state index in [0.29, 0.717) is 0 Å². The van der Waals surface area contributed by atoms with Crippen molar-refractivity contribution in [1.82, 2.24) is 0 Å². The van der Waals surface area contributed by atoms with E-state index in [1.54, 1.807) is 0 Å². The van der Waals surface area contributed by atoms with Crippen LogP contribution in [-0.4, -0.2) is 21.9 Å². The molecule has 0 N–H and O–H groups in total. The molecule has 1 unspecified atom stereocenters. The normalized spacial score (nSPS) is 13.2. The van der Waals surface area contributed by atoms with Gasteiger partial charge in [-0.3, -0.25) is 0 Å². The second kappa shape index (κ2) is 5.06. The zero-order chi connectivity index (χ0) is 8.04. The maximum absolute atomic E-state index is 11.5. The van der Waals surface area contributed by atoms with Crippen LogP contribution in [0.3, 0.4) is 0 Å². The summed E-state index contributed by atoms with van der Waals surface area (Å²) in [6.45, 7) is 1.87. The van der Waals surface area contributed by atoms with Crippen molar-refractivity contribution in [2.75, 3.05) is 0 Å². The third-order valence-corrected chi connectivity index (χ3v) is 3.65. The summed E-state index contributed by atoms with van der Waals surface area (Å²) in [5.41, 5.74) is 0. The van der Waals surface area contributed by atoms with E-state index in [2.05, 4.69) is 0 Å². The van der Waals surface area contributed by atoms with Gasteiger partial charge in [0.2, 0.25) is 0 Å². The summed E-state index contributed by atoms with van der Waals surface area (Å²) in [6, 6.07) is 0. The fourth-order valence-corrected chi connectivity index (χ4v) is 2.48. The zero-order valence-corrected chi connectivity index (χ0v) is 7.93. The molecule has 0 saturated heterocycles. The van der Waals surface area contributed by atoms with E-state index < -0.39 is 27.1 Å². The molecule has 1 atom stereocenters. The molecule has 0 fully saturated rings. The first-order valence-corrected chi connectivity index (χ1v) is 6.08. The van der Waals surface area contributed by atoms with Crippen LogP contribution in [0.2, 0.25) is 10.4 Å². The third kappa shape index (κ3) is 8.35. The predicted molar refractivity (Wildman–Crippen MR) is 37.4 cm³/mol. The summed E-state index contributed by atoms with van der Waals surface area (Å²) >= 11 is -0.748. The molecule has 0 bridgehead atoms. The van der Waals surface area contributed by atoms with Gasteiger partial charge in [-0.15, -0.1) is 0 Å². The average molecular weight is 215 g/mol. The van der Waals surface area contributed by atoms with E-state index in [1.165, 1.54) is 0 Å². The Bertz CT molecular complexity index is 79.6. The van der Waals surface area contributed by atoms with Gasteiger partial charge < -0.3 is 0 Å². The van der Waals surface area contributed by atoms with Crippen LogP contribution in [0.15, 0.2) is 0 Å². The van der Waals surface area contributed by atoms with Crippen molar-refractivity contribution >= 4 is 15.8 Å². The monoisotopic (exact) mass is 215 g/mol. The summed E-state index contributed by atoms with van der Waals surface area (Å²) in [4.78, 5) is 0. The molecule has 1 radical (unpaired) electrons. The fourth-order valence-electron chi connectivity index (χ4n) is 0.477. The van der Waals surface area contributed by atoms with Gasteiger partial charge in [-0.1, -0.05) is 0 Å². The van der Waals surface area contributed by atoms with Gasteiger partial charge >= 0.3 is 65.3 Å². The molecule has 0 aliphatic carbocycles. The summed E-state index contributed by atoms with van der Waals surface area (Å²) in [5, 5.41) is 0.261. The number of rotatable bonds is 4. The Labute approximate surface area is 65.9 Å². The number of halogens is 3. The number of unbranched alkanes of at least 4 members (excludes halogenated alkanes) is 1. The number of alkyl halides is 3. The minimum absolute atomic E-state index is 0.513. The van der Waals surface area contributed by atoms with E-state index in [0.717, 1.165) is 11.6 Å². The SMILES string of the molecule is C[CH]CC[AsH]CC(F)(F)F. The van der Waals surface area contributed by atoms with E-state index in [-0.39, 0.29) is 0 Å². The molecule has 0 amide bonds. The van der Waals surface area contributed by atoms with Gasteiger partial charge in [0.05, 0.1) is 0 Å². The van der Waals surface area contributed by atoms with Crippen molar-refractivity contribution in [3.63, 3.8) is 0 Å². The van der Waals surface area contributed by atoms with E-state index in [9.17, 15) is 13.2 Å². The maximum atomic E-state index is 11.5. The molecular formula is C6H11AsF3. The average Bonchev–Trinajstić information content (AvgIpc) is 1.78. The topological polar surface area (TPSA) is 0 Å². The fraction of sp³-hybridized carbons (Fsp3) is 0.833. The molecule has 4 heteroatoms. The second-order valence-corrected chi connectivity index (χ2v) is 4.83. The van der Waals surface area contributed by atoms with Crippen molar-refractivity contribution < 1.29 is 13.2 Å². The van der Waals surface area contributed by atoms with Crippen LogP contribution in [0.25, 0.3) is 0 Å². The molecule has 0 heterocycles. The quantitative estimate of drug-likeness (QED) is 0.499. The van der Waals surface area contributed by atoms with Crippen LogP contribution in [0, 0.1) is 6.42 Å². The summed E-state index contributed by atoms with van der Waals surface area (Å²) in [5.74, 6) is 0. The minimum atomic E-state index is -3.91. The van der Waals surface area contributed by atoms with Gasteiger partial charge in [0.15, 0.2) is 0 Å². The Balaban J connectivity index is 3.04. The Morgan fingerprint density at radius 2 is 2.00 bits per heavy atom. The van der Waals surface area contributed by atoms with E-state index in [4.69, 9.17) is 0 Å². The second-order valence-electron chi connectivity index (χ2n) is 1.99. The van der Waals surface area contributed by atoms with Gasteiger partial charge in [-0.2, -0.15) is 0 Å². The molecule has 0 aliphatic heterocycles. The molecule has 0 spiro atoms. The van der Waals surface area contributed by atoms with Crippen molar-refractivity contribution in [2.45, 2.75) is 29.9 Å². The van der Waals surface area contributed by atoms with Crippen molar-refractivity contribution in [3.05, 3.63) is 6.42 Å². The summed E-state index contributed by atoms with van der Waals surface area (Å²) in [7, 11) is 0. The van der Waals surface area contributed by atoms with Crippen molar-refractivity contribution in [1.29, 1.82) is 0 Å². The van der Waals surface area contributed by atoms with Gasteiger partial charge in [-0.25, -0.2) is 0 Å². The first-order chi connectivity index (χ1) is 4.56. The number of hydrogen-bond acceptors (Lipinski definition) is 0. The van der Waals surface area contributed by atoms with Crippen LogP contribution >= 0.6 is 0 Å². The first-order valence-electron chi connectivity index (χ1n) is 3.11. The standard InChI is InChI=1S/C6H11AsF3/c1-2-3-4-7-5-6(8,9)10/h2,7H,3-5H2,1H3. The molecular weight excluding hydrogens is 204 g/mol. The Morgan fingerprint density at radius 1 is 1.40 bits per heavy atom. The van der Waals surface area contributed by atoms with Gasteiger partial charge in [0.1, 0.15) is 0 Å². The van der Waals surface area contributed by atoms with Gasteiger partial charge in [-0.05, 0) is 0 Å². The third-order valence-electron chi connectivity index (χ3n) is 0.935. The molecule has 0 aromatic heterocycles.